The Labute approximate surface area is 124 Å². The van der Waals surface area contributed by atoms with Gasteiger partial charge in [-0.15, -0.1) is 0 Å². The quantitative estimate of drug-likeness (QED) is 0.711. The largest absolute Gasteiger partial charge is 0.492 e. The van der Waals surface area contributed by atoms with Crippen LogP contribution in [0, 0.1) is 12.8 Å². The maximum atomic E-state index is 10.8. The van der Waals surface area contributed by atoms with Gasteiger partial charge in [-0.3, -0.25) is 0 Å². The van der Waals surface area contributed by atoms with Gasteiger partial charge in [0.1, 0.15) is 5.75 Å². The van der Waals surface area contributed by atoms with Gasteiger partial charge in [-0.05, 0) is 43.4 Å². The Morgan fingerprint density at radius 3 is 2.63 bits per heavy atom. The van der Waals surface area contributed by atoms with E-state index in [0.717, 1.165) is 12.0 Å². The Morgan fingerprint density at radius 1 is 1.32 bits per heavy atom. The zero-order valence-electron chi connectivity index (χ0n) is 11.0. The number of benzene rings is 1. The minimum atomic E-state index is -3.40. The van der Waals surface area contributed by atoms with Gasteiger partial charge in [-0.1, -0.05) is 24.6 Å². The predicted molar refractivity (Wildman–Crippen MR) is 79.7 cm³/mol. The lowest BCUT2D eigenvalue weighted by Gasteiger charge is -2.12. The van der Waals surface area contributed by atoms with Gasteiger partial charge in [-0.2, -0.15) is 0 Å². The van der Waals surface area contributed by atoms with E-state index < -0.39 is 9.05 Å². The van der Waals surface area contributed by atoms with Gasteiger partial charge in [0.25, 0.3) is 0 Å². The van der Waals surface area contributed by atoms with Crippen molar-refractivity contribution in [3.8, 4) is 5.75 Å². The van der Waals surface area contributed by atoms with E-state index in [2.05, 4.69) is 0 Å². The Kier molecular flexibility index (Phi) is 6.43. The Bertz CT molecular complexity index is 515. The highest BCUT2D eigenvalue weighted by Gasteiger charge is 2.10. The molecule has 0 aliphatic carbocycles. The van der Waals surface area contributed by atoms with Crippen LogP contribution in [0.3, 0.4) is 0 Å². The first-order chi connectivity index (χ1) is 8.78. The zero-order chi connectivity index (χ0) is 14.5. The van der Waals surface area contributed by atoms with Crippen LogP contribution in [0.25, 0.3) is 0 Å². The van der Waals surface area contributed by atoms with E-state index in [4.69, 9.17) is 27.0 Å². The SMILES string of the molecule is Cc1ccc(Cl)c(OCCC(C)CCS(=O)(=O)Cl)c1. The molecular weight excluding hydrogens is 307 g/mol. The number of hydrogen-bond acceptors (Lipinski definition) is 3. The molecule has 0 heterocycles. The van der Waals surface area contributed by atoms with Gasteiger partial charge >= 0.3 is 0 Å². The standard InChI is InChI=1S/C13H18Cl2O3S/c1-10(6-8-19(15,16)17)5-7-18-13-9-11(2)3-4-12(13)14/h3-4,9-10H,5-8H2,1-2H3. The highest BCUT2D eigenvalue weighted by Crippen LogP contribution is 2.25. The molecule has 0 saturated heterocycles. The highest BCUT2D eigenvalue weighted by atomic mass is 35.7. The predicted octanol–water partition coefficient (Wildman–Crippen LogP) is 4.01. The maximum absolute atomic E-state index is 10.8. The summed E-state index contributed by atoms with van der Waals surface area (Å²) in [6.45, 7) is 4.45. The molecule has 1 atom stereocenters. The monoisotopic (exact) mass is 324 g/mol. The van der Waals surface area contributed by atoms with Gasteiger partial charge in [0.05, 0.1) is 17.4 Å². The molecule has 0 saturated carbocycles. The van der Waals surface area contributed by atoms with Crippen molar-refractivity contribution in [2.45, 2.75) is 26.7 Å². The van der Waals surface area contributed by atoms with Crippen LogP contribution in [0.2, 0.25) is 5.02 Å². The van der Waals surface area contributed by atoms with E-state index in [0.29, 0.717) is 23.8 Å². The molecule has 0 radical (unpaired) electrons. The zero-order valence-corrected chi connectivity index (χ0v) is 13.4. The van der Waals surface area contributed by atoms with E-state index in [1.54, 1.807) is 6.07 Å². The minimum absolute atomic E-state index is 0.000916. The summed E-state index contributed by atoms with van der Waals surface area (Å²) in [6, 6.07) is 5.61. The van der Waals surface area contributed by atoms with Crippen LogP contribution < -0.4 is 4.74 Å². The molecule has 1 aromatic carbocycles. The van der Waals surface area contributed by atoms with Crippen molar-refractivity contribution in [1.29, 1.82) is 0 Å². The molecule has 0 spiro atoms. The molecular formula is C13H18Cl2O3S. The van der Waals surface area contributed by atoms with Gasteiger partial charge in [0.15, 0.2) is 0 Å². The average molecular weight is 325 g/mol. The van der Waals surface area contributed by atoms with Gasteiger partial charge < -0.3 is 4.74 Å². The number of aryl methyl sites for hydroxylation is 1. The summed E-state index contributed by atoms with van der Waals surface area (Å²) >= 11 is 6.01. The second-order valence-electron chi connectivity index (χ2n) is 4.71. The minimum Gasteiger partial charge on any atom is -0.492 e. The number of ether oxygens (including phenoxy) is 1. The van der Waals surface area contributed by atoms with E-state index in [1.165, 1.54) is 0 Å². The first-order valence-electron chi connectivity index (χ1n) is 6.09. The summed E-state index contributed by atoms with van der Waals surface area (Å²) in [7, 11) is 1.77. The summed E-state index contributed by atoms with van der Waals surface area (Å²) in [4.78, 5) is 0. The van der Waals surface area contributed by atoms with Crippen molar-refractivity contribution in [2.75, 3.05) is 12.4 Å². The van der Waals surface area contributed by atoms with E-state index in [-0.39, 0.29) is 11.7 Å². The number of halogens is 2. The third-order valence-electron chi connectivity index (χ3n) is 2.81. The molecule has 0 bridgehead atoms. The van der Waals surface area contributed by atoms with Crippen molar-refractivity contribution in [3.05, 3.63) is 28.8 Å². The lowest BCUT2D eigenvalue weighted by molar-refractivity contribution is 0.282. The summed E-state index contributed by atoms with van der Waals surface area (Å²) in [5, 5.41) is 0.585. The smallest absolute Gasteiger partial charge is 0.232 e. The van der Waals surface area contributed by atoms with Crippen LogP contribution in [0.5, 0.6) is 5.75 Å². The van der Waals surface area contributed by atoms with Gasteiger partial charge in [0.2, 0.25) is 9.05 Å². The fraction of sp³-hybridized carbons (Fsp3) is 0.538. The summed E-state index contributed by atoms with van der Waals surface area (Å²) in [5.41, 5.74) is 1.08. The lowest BCUT2D eigenvalue weighted by atomic mass is 10.1. The molecule has 0 amide bonds. The van der Waals surface area contributed by atoms with Crippen molar-refractivity contribution >= 4 is 31.3 Å². The highest BCUT2D eigenvalue weighted by molar-refractivity contribution is 8.13. The van der Waals surface area contributed by atoms with E-state index >= 15 is 0 Å². The Morgan fingerprint density at radius 2 is 2.00 bits per heavy atom. The van der Waals surface area contributed by atoms with Crippen molar-refractivity contribution < 1.29 is 13.2 Å². The molecule has 0 aliphatic heterocycles. The second kappa shape index (κ2) is 7.36. The third kappa shape index (κ3) is 7.04. The molecule has 19 heavy (non-hydrogen) atoms. The summed E-state index contributed by atoms with van der Waals surface area (Å²) in [6.07, 6.45) is 1.30. The maximum Gasteiger partial charge on any atom is 0.232 e. The summed E-state index contributed by atoms with van der Waals surface area (Å²) < 4.78 is 27.3. The third-order valence-corrected chi connectivity index (χ3v) is 4.31. The topological polar surface area (TPSA) is 43.4 Å². The van der Waals surface area contributed by atoms with Crippen LogP contribution in [0.1, 0.15) is 25.3 Å². The van der Waals surface area contributed by atoms with Crippen molar-refractivity contribution in [3.63, 3.8) is 0 Å². The van der Waals surface area contributed by atoms with Crippen LogP contribution in [0.15, 0.2) is 18.2 Å². The molecule has 108 valence electrons. The molecule has 6 heteroatoms. The van der Waals surface area contributed by atoms with Gasteiger partial charge in [-0.25, -0.2) is 8.42 Å². The lowest BCUT2D eigenvalue weighted by Crippen LogP contribution is -2.08. The molecule has 0 aromatic heterocycles. The molecule has 0 fully saturated rings. The summed E-state index contributed by atoms with van der Waals surface area (Å²) in [5.74, 6) is 0.900. The normalized spacial score (nSPS) is 13.3. The average Bonchev–Trinajstić information content (AvgIpc) is 2.30. The van der Waals surface area contributed by atoms with Crippen molar-refractivity contribution in [2.24, 2.45) is 5.92 Å². The second-order valence-corrected chi connectivity index (χ2v) is 8.01. The fourth-order valence-corrected chi connectivity index (χ4v) is 2.70. The van der Waals surface area contributed by atoms with Crippen molar-refractivity contribution in [1.82, 2.24) is 0 Å². The Hall–Kier alpha value is -0.450. The molecule has 0 N–H and O–H groups in total. The van der Waals surface area contributed by atoms with Crippen LogP contribution >= 0.6 is 22.3 Å². The molecule has 1 aromatic rings. The first kappa shape index (κ1) is 16.6. The van der Waals surface area contributed by atoms with E-state index in [9.17, 15) is 8.42 Å². The molecule has 0 aliphatic rings. The van der Waals surface area contributed by atoms with E-state index in [1.807, 2.05) is 26.0 Å². The van der Waals surface area contributed by atoms with Crippen LogP contribution in [-0.2, 0) is 9.05 Å². The number of hydrogen-bond donors (Lipinski definition) is 0. The Balaban J connectivity index is 2.35. The van der Waals surface area contributed by atoms with Crippen LogP contribution in [0.4, 0.5) is 0 Å². The van der Waals surface area contributed by atoms with Gasteiger partial charge in [0, 0.05) is 10.7 Å². The first-order valence-corrected chi connectivity index (χ1v) is 8.95. The molecule has 1 unspecified atom stereocenters. The molecule has 1 rings (SSSR count). The number of rotatable bonds is 7. The molecule has 3 nitrogen and oxygen atoms in total. The fourth-order valence-electron chi connectivity index (χ4n) is 1.58. The van der Waals surface area contributed by atoms with Crippen LogP contribution in [-0.4, -0.2) is 20.8 Å².